The second-order valence-corrected chi connectivity index (χ2v) is 14.9. The highest BCUT2D eigenvalue weighted by molar-refractivity contribution is 6.37. The lowest BCUT2D eigenvalue weighted by Crippen LogP contribution is -2.62. The number of piperidine rings is 1. The summed E-state index contributed by atoms with van der Waals surface area (Å²) in [5, 5.41) is 8.37. The van der Waals surface area contributed by atoms with Crippen LogP contribution in [-0.4, -0.2) is 84.5 Å². The molecule has 0 spiro atoms. The minimum absolute atomic E-state index is 0.0886. The molecule has 0 bridgehead atoms. The van der Waals surface area contributed by atoms with Gasteiger partial charge in [-0.05, 0) is 47.3 Å². The number of likely N-dealkylation sites (tertiary alicyclic amines) is 1. The molecule has 0 aromatic carbocycles. The van der Waals surface area contributed by atoms with Crippen LogP contribution >= 0.6 is 0 Å². The summed E-state index contributed by atoms with van der Waals surface area (Å²) < 4.78 is 10.3. The van der Waals surface area contributed by atoms with Gasteiger partial charge in [0, 0.05) is 6.54 Å². The van der Waals surface area contributed by atoms with Gasteiger partial charge in [-0.25, -0.2) is 9.59 Å². The molecular formula is C32H53N5O8. The number of ether oxygens (including phenoxy) is 2. The van der Waals surface area contributed by atoms with E-state index in [0.29, 0.717) is 13.0 Å². The van der Waals surface area contributed by atoms with E-state index in [1.54, 1.807) is 0 Å². The Bertz CT molecular complexity index is 1130. The predicted molar refractivity (Wildman–Crippen MR) is 165 cm³/mol. The van der Waals surface area contributed by atoms with E-state index in [2.05, 4.69) is 16.0 Å². The highest BCUT2D eigenvalue weighted by Crippen LogP contribution is 2.55. The minimum atomic E-state index is -1.10. The zero-order valence-corrected chi connectivity index (χ0v) is 28.0. The van der Waals surface area contributed by atoms with E-state index < -0.39 is 65.3 Å². The van der Waals surface area contributed by atoms with Crippen molar-refractivity contribution < 1.29 is 38.2 Å². The average Bonchev–Trinajstić information content (AvgIpc) is 3.34. The SMILES string of the molecule is CC(C)COC(=O)OC[C@@H](NC(=O)NC(C(=O)N1C[C@@H]2[C@H](C)[C@@H]2C1C(=O)NC(CC1CCC1)C(=O)C(N)=O)C(C)(C)C)C(C)C. The molecule has 0 aromatic rings. The summed E-state index contributed by atoms with van der Waals surface area (Å²) in [5.41, 5.74) is 4.57. The van der Waals surface area contributed by atoms with E-state index in [9.17, 15) is 28.8 Å². The molecule has 3 aliphatic rings. The molecule has 1 heterocycles. The molecule has 5 N–H and O–H groups in total. The van der Waals surface area contributed by atoms with E-state index >= 15 is 0 Å². The van der Waals surface area contributed by atoms with Crippen LogP contribution in [0.25, 0.3) is 0 Å². The van der Waals surface area contributed by atoms with Gasteiger partial charge in [0.1, 0.15) is 18.7 Å². The number of fused-ring (bicyclic) bond motifs is 1. The van der Waals surface area contributed by atoms with Gasteiger partial charge in [0.2, 0.25) is 17.6 Å². The minimum Gasteiger partial charge on any atom is -0.434 e. The van der Waals surface area contributed by atoms with Crippen LogP contribution in [0, 0.1) is 40.9 Å². The molecule has 3 unspecified atom stereocenters. The van der Waals surface area contributed by atoms with E-state index in [-0.39, 0.29) is 48.7 Å². The number of nitrogens with zero attached hydrogens (tertiary/aromatic N) is 1. The fourth-order valence-corrected chi connectivity index (χ4v) is 6.19. The molecule has 1 aliphatic heterocycles. The first-order chi connectivity index (χ1) is 20.9. The van der Waals surface area contributed by atoms with Crippen LogP contribution in [0.1, 0.15) is 81.1 Å². The Morgan fingerprint density at radius 2 is 1.56 bits per heavy atom. The maximum absolute atomic E-state index is 14.1. The fourth-order valence-electron chi connectivity index (χ4n) is 6.19. The summed E-state index contributed by atoms with van der Waals surface area (Å²) in [4.78, 5) is 78.9. The van der Waals surface area contributed by atoms with Crippen LogP contribution in [0.15, 0.2) is 0 Å². The summed E-state index contributed by atoms with van der Waals surface area (Å²) >= 11 is 0. The monoisotopic (exact) mass is 635 g/mol. The van der Waals surface area contributed by atoms with Gasteiger partial charge in [0.15, 0.2) is 0 Å². The van der Waals surface area contributed by atoms with Crippen molar-refractivity contribution in [2.45, 2.75) is 105 Å². The fraction of sp³-hybridized carbons (Fsp3) is 0.812. The highest BCUT2D eigenvalue weighted by atomic mass is 16.7. The topological polar surface area (TPSA) is 186 Å². The maximum Gasteiger partial charge on any atom is 0.508 e. The Morgan fingerprint density at radius 3 is 2.07 bits per heavy atom. The van der Waals surface area contributed by atoms with Crippen molar-refractivity contribution in [1.29, 1.82) is 0 Å². The molecular weight excluding hydrogens is 582 g/mol. The van der Waals surface area contributed by atoms with Gasteiger partial charge in [-0.2, -0.15) is 0 Å². The number of primary amides is 1. The van der Waals surface area contributed by atoms with Gasteiger partial charge < -0.3 is 36.1 Å². The quantitative estimate of drug-likeness (QED) is 0.165. The zero-order valence-electron chi connectivity index (χ0n) is 28.0. The Kier molecular flexibility index (Phi) is 11.9. The molecule has 1 saturated heterocycles. The van der Waals surface area contributed by atoms with Gasteiger partial charge in [0.05, 0.1) is 18.7 Å². The molecule has 5 amide bonds. The molecule has 3 rings (SSSR count). The zero-order chi connectivity index (χ0) is 33.8. The Labute approximate surface area is 266 Å². The van der Waals surface area contributed by atoms with Crippen LogP contribution in [0.5, 0.6) is 0 Å². The molecule has 2 saturated carbocycles. The van der Waals surface area contributed by atoms with Crippen molar-refractivity contribution >= 4 is 35.7 Å². The third-order valence-electron chi connectivity index (χ3n) is 9.39. The summed E-state index contributed by atoms with van der Waals surface area (Å²) in [7, 11) is 0. The van der Waals surface area contributed by atoms with Gasteiger partial charge in [0.25, 0.3) is 5.91 Å². The number of ketones is 1. The number of carbonyl (C=O) groups is 6. The molecule has 0 aromatic heterocycles. The first-order valence-corrected chi connectivity index (χ1v) is 16.2. The van der Waals surface area contributed by atoms with E-state index in [1.165, 1.54) is 4.90 Å². The van der Waals surface area contributed by atoms with Crippen molar-refractivity contribution in [2.75, 3.05) is 19.8 Å². The van der Waals surface area contributed by atoms with Gasteiger partial charge in [-0.3, -0.25) is 19.2 Å². The van der Waals surface area contributed by atoms with Crippen molar-refractivity contribution in [3.05, 3.63) is 0 Å². The number of hydrogen-bond donors (Lipinski definition) is 4. The predicted octanol–water partition coefficient (Wildman–Crippen LogP) is 2.36. The third-order valence-corrected chi connectivity index (χ3v) is 9.39. The summed E-state index contributed by atoms with van der Waals surface area (Å²) in [6.07, 6.45) is 2.38. The average molecular weight is 636 g/mol. The van der Waals surface area contributed by atoms with E-state index in [0.717, 1.165) is 19.3 Å². The van der Waals surface area contributed by atoms with Gasteiger partial charge >= 0.3 is 12.2 Å². The van der Waals surface area contributed by atoms with Crippen LogP contribution in [-0.2, 0) is 28.7 Å². The third kappa shape index (κ3) is 9.32. The molecule has 7 atom stereocenters. The first kappa shape index (κ1) is 36.1. The Balaban J connectivity index is 1.71. The van der Waals surface area contributed by atoms with Crippen LogP contribution in [0.3, 0.4) is 0 Å². The standard InChI is InChI=1S/C32H53N5O8/c1-16(2)14-44-31(43)45-15-22(17(3)4)35-30(42)36-26(32(6,7)8)29(41)37-13-20-18(5)23(20)24(37)28(40)34-21(25(38)27(33)39)12-19-10-9-11-19/h16-24,26H,9-15H2,1-8H3,(H2,33,39)(H,34,40)(H2,35,36,42)/t18-,20+,21?,22+,23-,24?,26?/m0/s1. The van der Waals surface area contributed by atoms with Crippen LogP contribution in [0.4, 0.5) is 9.59 Å². The van der Waals surface area contributed by atoms with Gasteiger partial charge in [-0.1, -0.05) is 74.7 Å². The first-order valence-electron chi connectivity index (χ1n) is 16.2. The van der Waals surface area contributed by atoms with Gasteiger partial charge in [-0.15, -0.1) is 0 Å². The van der Waals surface area contributed by atoms with Crippen LogP contribution < -0.4 is 21.7 Å². The van der Waals surface area contributed by atoms with Crippen molar-refractivity contribution in [2.24, 2.45) is 46.7 Å². The summed E-state index contributed by atoms with van der Waals surface area (Å²) in [5.74, 6) is -2.32. The second-order valence-electron chi connectivity index (χ2n) is 14.9. The summed E-state index contributed by atoms with van der Waals surface area (Å²) in [6, 6.07) is -4.05. The molecule has 13 heteroatoms. The lowest BCUT2D eigenvalue weighted by molar-refractivity contribution is -0.144. The molecule has 2 aliphatic carbocycles. The van der Waals surface area contributed by atoms with Crippen molar-refractivity contribution in [3.63, 3.8) is 0 Å². The number of carbonyl (C=O) groups excluding carboxylic acids is 6. The highest BCUT2D eigenvalue weighted by Gasteiger charge is 2.63. The largest absolute Gasteiger partial charge is 0.508 e. The number of amides is 5. The van der Waals surface area contributed by atoms with E-state index in [4.69, 9.17) is 15.2 Å². The smallest absolute Gasteiger partial charge is 0.434 e. The number of Topliss-reactive ketones (excluding diaryl/α,β-unsaturated/α-hetero) is 1. The number of urea groups is 1. The summed E-state index contributed by atoms with van der Waals surface area (Å²) in [6.45, 7) is 15.5. The molecule has 3 fully saturated rings. The number of hydrogen-bond acceptors (Lipinski definition) is 8. The lowest BCUT2D eigenvalue weighted by atomic mass is 9.80. The lowest BCUT2D eigenvalue weighted by Gasteiger charge is -2.37. The molecule has 254 valence electrons. The number of nitrogens with one attached hydrogen (secondary N) is 3. The number of nitrogens with two attached hydrogens (primary N) is 1. The van der Waals surface area contributed by atoms with E-state index in [1.807, 2.05) is 55.4 Å². The molecule has 0 radical (unpaired) electrons. The molecule has 13 nitrogen and oxygen atoms in total. The normalized spacial score (nSPS) is 24.5. The second kappa shape index (κ2) is 14.8. The molecule has 45 heavy (non-hydrogen) atoms. The Morgan fingerprint density at radius 1 is 0.933 bits per heavy atom. The van der Waals surface area contributed by atoms with Crippen LogP contribution in [0.2, 0.25) is 0 Å². The Hall–Kier alpha value is -3.38. The van der Waals surface area contributed by atoms with Crippen molar-refractivity contribution in [1.82, 2.24) is 20.9 Å². The number of rotatable bonds is 14. The van der Waals surface area contributed by atoms with Crippen molar-refractivity contribution in [3.8, 4) is 0 Å². The maximum atomic E-state index is 14.1.